The van der Waals surface area contributed by atoms with E-state index in [1.54, 1.807) is 6.20 Å². The number of aromatic nitrogens is 3. The second-order valence-corrected chi connectivity index (χ2v) is 11.8. The number of phosphoric ester groups is 1. The van der Waals surface area contributed by atoms with Crippen LogP contribution in [-0.4, -0.2) is 69.2 Å². The molecule has 6 atom stereocenters. The molecule has 1 saturated heterocycles. The molecule has 7 N–H and O–H groups in total. The van der Waals surface area contributed by atoms with Gasteiger partial charge in [-0.1, -0.05) is 0 Å². The monoisotopic (exact) mass is 551 g/mol. The molecule has 3 rings (SSSR count). The van der Waals surface area contributed by atoms with Crippen LogP contribution in [0.4, 0.5) is 0 Å². The van der Waals surface area contributed by atoms with Crippen LogP contribution in [0.1, 0.15) is 17.5 Å². The Morgan fingerprint density at radius 1 is 1.12 bits per heavy atom. The van der Waals surface area contributed by atoms with Crippen molar-refractivity contribution >= 4 is 46.7 Å². The van der Waals surface area contributed by atoms with E-state index < -0.39 is 54.6 Å². The second-order valence-electron chi connectivity index (χ2n) is 7.00. The molecular weight excluding hydrogens is 531 g/mol. The number of aliphatic hydroxyl groups excluding tert-OH is 2. The first kappa shape index (κ1) is 26.7. The SMILES string of the molecule is Cc1[nH]c2nc(=S)n([C@@H]3O[C@H](COP(=O)(O)OP(=O)(O)OP(=O)(O)O)C(O)[C@@H]3O)cc2c1C. The van der Waals surface area contributed by atoms with Gasteiger partial charge < -0.3 is 39.5 Å². The Kier molecular flexibility index (Phi) is 7.53. The number of nitrogens with zero attached hydrogens (tertiary/aromatic N) is 2. The van der Waals surface area contributed by atoms with Gasteiger partial charge in [-0.05, 0) is 31.6 Å². The predicted molar refractivity (Wildman–Crippen MR) is 110 cm³/mol. The lowest BCUT2D eigenvalue weighted by Crippen LogP contribution is -2.33. The van der Waals surface area contributed by atoms with Crippen molar-refractivity contribution in [1.82, 2.24) is 14.5 Å². The van der Waals surface area contributed by atoms with Crippen LogP contribution in [0.15, 0.2) is 6.20 Å². The lowest BCUT2D eigenvalue weighted by molar-refractivity contribution is -0.0530. The van der Waals surface area contributed by atoms with E-state index in [0.717, 1.165) is 11.3 Å². The number of phosphoric acid groups is 3. The number of hydrogen-bond acceptors (Lipinski definition) is 11. The molecule has 0 radical (unpaired) electrons. The zero-order valence-electron chi connectivity index (χ0n) is 16.8. The topological polar surface area (TPSA) is 243 Å². The Hall–Kier alpha value is -0.870. The Morgan fingerprint density at radius 2 is 1.76 bits per heavy atom. The summed E-state index contributed by atoms with van der Waals surface area (Å²) in [5.74, 6) is 0. The molecule has 3 unspecified atom stereocenters. The highest BCUT2D eigenvalue weighted by atomic mass is 32.1. The second kappa shape index (κ2) is 9.30. The molecule has 2 aromatic rings. The number of ether oxygens (including phenoxy) is 1. The molecule has 0 spiro atoms. The zero-order chi connectivity index (χ0) is 24.9. The van der Waals surface area contributed by atoms with Crippen LogP contribution in [0.2, 0.25) is 0 Å². The minimum atomic E-state index is -5.70. The fourth-order valence-corrected chi connectivity index (χ4v) is 6.34. The van der Waals surface area contributed by atoms with E-state index in [2.05, 4.69) is 23.1 Å². The maximum Gasteiger partial charge on any atom is 0.490 e. The summed E-state index contributed by atoms with van der Waals surface area (Å²) in [6, 6.07) is 0. The van der Waals surface area contributed by atoms with Crippen LogP contribution in [0.5, 0.6) is 0 Å². The molecule has 1 aliphatic heterocycles. The zero-order valence-corrected chi connectivity index (χ0v) is 20.3. The smallest absolute Gasteiger partial charge is 0.387 e. The molecule has 0 amide bonds. The van der Waals surface area contributed by atoms with Crippen molar-refractivity contribution in [1.29, 1.82) is 0 Å². The fourth-order valence-electron chi connectivity index (χ4n) is 3.06. The maximum atomic E-state index is 11.9. The number of aliphatic hydroxyl groups is 2. The van der Waals surface area contributed by atoms with Gasteiger partial charge in [0.15, 0.2) is 6.23 Å². The van der Waals surface area contributed by atoms with Crippen molar-refractivity contribution in [3.8, 4) is 0 Å². The molecule has 3 heterocycles. The molecular formula is C13H20N3O13P3S. The van der Waals surface area contributed by atoms with E-state index in [1.807, 2.05) is 13.8 Å². The van der Waals surface area contributed by atoms with E-state index >= 15 is 0 Å². The van der Waals surface area contributed by atoms with Crippen molar-refractivity contribution in [2.24, 2.45) is 0 Å². The minimum absolute atomic E-state index is 0.00599. The standard InChI is InChI=1S/C13H20N3O13P3S/c1-5-6(2)14-11-7(5)3-16(13(33)15-11)12-10(18)9(17)8(27-12)4-26-31(22,23)29-32(24,25)28-30(19,20)21/h3,8-10,12,17-18H,4H2,1-2H3,(H,22,23)(H,24,25)(H,14,15,33)(H2,19,20,21)/t8-,9?,10+,12-/m1/s1. The number of rotatable bonds is 8. The maximum absolute atomic E-state index is 11.9. The van der Waals surface area contributed by atoms with Crippen LogP contribution in [0, 0.1) is 18.6 Å². The van der Waals surface area contributed by atoms with Gasteiger partial charge in [0.25, 0.3) is 0 Å². The number of fused-ring (bicyclic) bond motifs is 1. The molecule has 0 bridgehead atoms. The van der Waals surface area contributed by atoms with Gasteiger partial charge in [-0.15, -0.1) is 0 Å². The quantitative estimate of drug-likeness (QED) is 0.176. The van der Waals surface area contributed by atoms with Crippen molar-refractivity contribution < 1.29 is 61.4 Å². The highest BCUT2D eigenvalue weighted by Gasteiger charge is 2.46. The van der Waals surface area contributed by atoms with Crippen molar-refractivity contribution in [3.63, 3.8) is 0 Å². The Bertz CT molecular complexity index is 1260. The molecule has 2 aromatic heterocycles. The van der Waals surface area contributed by atoms with Crippen LogP contribution in [0.25, 0.3) is 11.0 Å². The van der Waals surface area contributed by atoms with Crippen LogP contribution >= 0.6 is 35.7 Å². The van der Waals surface area contributed by atoms with E-state index in [4.69, 9.17) is 31.6 Å². The lowest BCUT2D eigenvalue weighted by atomic mass is 10.1. The highest BCUT2D eigenvalue weighted by molar-refractivity contribution is 7.71. The van der Waals surface area contributed by atoms with Gasteiger partial charge >= 0.3 is 23.5 Å². The average molecular weight is 551 g/mol. The Balaban J connectivity index is 1.74. The molecule has 1 aliphatic rings. The van der Waals surface area contributed by atoms with Gasteiger partial charge in [-0.25, -0.2) is 18.7 Å². The van der Waals surface area contributed by atoms with E-state index in [-0.39, 0.29) is 4.77 Å². The summed E-state index contributed by atoms with van der Waals surface area (Å²) in [5.41, 5.74) is 2.20. The summed E-state index contributed by atoms with van der Waals surface area (Å²) in [7, 11) is -16.7. The number of aromatic amines is 1. The third-order valence-corrected chi connectivity index (χ3v) is 8.76. The van der Waals surface area contributed by atoms with E-state index in [0.29, 0.717) is 11.0 Å². The van der Waals surface area contributed by atoms with Gasteiger partial charge in [-0.3, -0.25) is 9.09 Å². The number of nitrogens with one attached hydrogen (secondary N) is 1. The van der Waals surface area contributed by atoms with Crippen LogP contribution < -0.4 is 0 Å². The fraction of sp³-hybridized carbons (Fsp3) is 0.538. The summed E-state index contributed by atoms with van der Waals surface area (Å²) in [4.78, 5) is 43.0. The van der Waals surface area contributed by atoms with Crippen molar-refractivity contribution in [2.45, 2.75) is 38.4 Å². The van der Waals surface area contributed by atoms with E-state index in [1.165, 1.54) is 4.57 Å². The number of H-pyrrole nitrogens is 1. The van der Waals surface area contributed by atoms with E-state index in [9.17, 15) is 28.8 Å². The third-order valence-electron chi connectivity index (χ3n) is 4.65. The Labute approximate surface area is 190 Å². The summed E-state index contributed by atoms with van der Waals surface area (Å²) in [6.07, 6.45) is -4.40. The van der Waals surface area contributed by atoms with Gasteiger partial charge in [-0.2, -0.15) is 8.62 Å². The molecule has 186 valence electrons. The third kappa shape index (κ3) is 6.23. The first-order valence-corrected chi connectivity index (χ1v) is 13.8. The van der Waals surface area contributed by atoms with Gasteiger partial charge in [0.1, 0.15) is 24.0 Å². The van der Waals surface area contributed by atoms with Gasteiger partial charge in [0, 0.05) is 17.3 Å². The summed E-state index contributed by atoms with van der Waals surface area (Å²) < 4.78 is 52.3. The predicted octanol–water partition coefficient (Wildman–Crippen LogP) is 0.673. The van der Waals surface area contributed by atoms with Gasteiger partial charge in [0.05, 0.1) is 6.61 Å². The first-order valence-electron chi connectivity index (χ1n) is 8.88. The largest absolute Gasteiger partial charge is 0.490 e. The molecule has 0 aliphatic carbocycles. The average Bonchev–Trinajstić information content (AvgIpc) is 3.06. The molecule has 20 heteroatoms. The summed E-state index contributed by atoms with van der Waals surface area (Å²) >= 11 is 5.21. The normalized spacial score (nSPS) is 27.5. The molecule has 0 aromatic carbocycles. The molecule has 16 nitrogen and oxygen atoms in total. The molecule has 33 heavy (non-hydrogen) atoms. The first-order chi connectivity index (χ1) is 15.0. The number of aryl methyl sites for hydroxylation is 2. The van der Waals surface area contributed by atoms with Crippen molar-refractivity contribution in [2.75, 3.05) is 6.61 Å². The highest BCUT2D eigenvalue weighted by Crippen LogP contribution is 2.66. The minimum Gasteiger partial charge on any atom is -0.387 e. The summed E-state index contributed by atoms with van der Waals surface area (Å²) in [6.45, 7) is 2.72. The number of hydrogen-bond donors (Lipinski definition) is 7. The Morgan fingerprint density at radius 3 is 2.36 bits per heavy atom. The summed E-state index contributed by atoms with van der Waals surface area (Å²) in [5, 5.41) is 21.3. The molecule has 1 fully saturated rings. The van der Waals surface area contributed by atoms with Crippen LogP contribution in [-0.2, 0) is 31.6 Å². The lowest BCUT2D eigenvalue weighted by Gasteiger charge is -2.19. The van der Waals surface area contributed by atoms with Crippen LogP contribution in [0.3, 0.4) is 0 Å². The van der Waals surface area contributed by atoms with Crippen molar-refractivity contribution in [3.05, 3.63) is 22.2 Å². The molecule has 0 saturated carbocycles. The van der Waals surface area contributed by atoms with Gasteiger partial charge in [0.2, 0.25) is 4.77 Å².